The van der Waals surface area contributed by atoms with Gasteiger partial charge in [-0.2, -0.15) is 4.98 Å². The largest absolute Gasteiger partial charge is 0.461 e. The molecule has 3 heterocycles. The van der Waals surface area contributed by atoms with Crippen molar-refractivity contribution in [3.8, 4) is 23.0 Å². The van der Waals surface area contributed by atoms with Crippen molar-refractivity contribution in [3.05, 3.63) is 58.7 Å². The SMILES string of the molecule is NC(=O)CCn1c(SCc2nc(-c3ccc([N+](=O)[O-])cc3)no2)nnc1-c1ccco1. The first-order valence-corrected chi connectivity index (χ1v) is 9.95. The fraction of sp³-hybridized carbons (Fsp3) is 0.167. The summed E-state index contributed by atoms with van der Waals surface area (Å²) < 4.78 is 12.4. The highest BCUT2D eigenvalue weighted by molar-refractivity contribution is 7.98. The number of hydrogen-bond acceptors (Lipinski definition) is 10. The van der Waals surface area contributed by atoms with E-state index in [0.717, 1.165) is 0 Å². The van der Waals surface area contributed by atoms with Gasteiger partial charge in [-0.1, -0.05) is 16.9 Å². The van der Waals surface area contributed by atoms with Crippen LogP contribution in [-0.4, -0.2) is 35.7 Å². The third kappa shape index (κ3) is 4.61. The Morgan fingerprint density at radius 1 is 1.23 bits per heavy atom. The molecule has 2 N–H and O–H groups in total. The van der Waals surface area contributed by atoms with E-state index in [2.05, 4.69) is 20.3 Å². The fourth-order valence-electron chi connectivity index (χ4n) is 2.70. The van der Waals surface area contributed by atoms with Crippen LogP contribution in [0, 0.1) is 10.1 Å². The van der Waals surface area contributed by atoms with Gasteiger partial charge in [0.25, 0.3) is 5.69 Å². The summed E-state index contributed by atoms with van der Waals surface area (Å²) in [6, 6.07) is 9.32. The minimum absolute atomic E-state index is 0.0225. The van der Waals surface area contributed by atoms with Crippen LogP contribution in [-0.2, 0) is 17.1 Å². The summed E-state index contributed by atoms with van der Waals surface area (Å²) in [5.74, 6) is 1.50. The number of carbonyl (C=O) groups excluding carboxylic acids is 1. The summed E-state index contributed by atoms with van der Waals surface area (Å²) >= 11 is 1.29. The van der Waals surface area contributed by atoms with Crippen molar-refractivity contribution in [2.75, 3.05) is 0 Å². The minimum atomic E-state index is -0.479. The van der Waals surface area contributed by atoms with E-state index in [1.165, 1.54) is 30.2 Å². The van der Waals surface area contributed by atoms with Gasteiger partial charge in [-0.15, -0.1) is 10.2 Å². The molecule has 1 amide bonds. The van der Waals surface area contributed by atoms with Crippen molar-refractivity contribution >= 4 is 23.4 Å². The van der Waals surface area contributed by atoms with E-state index in [1.807, 2.05) is 0 Å². The molecule has 0 saturated heterocycles. The molecular weight excluding hydrogens is 426 g/mol. The lowest BCUT2D eigenvalue weighted by atomic mass is 10.2. The topological polar surface area (TPSA) is 169 Å². The zero-order chi connectivity index (χ0) is 21.8. The number of rotatable bonds is 9. The van der Waals surface area contributed by atoms with Crippen LogP contribution in [0.15, 0.2) is 56.8 Å². The quantitative estimate of drug-likeness (QED) is 0.231. The van der Waals surface area contributed by atoms with Crippen molar-refractivity contribution < 1.29 is 18.7 Å². The zero-order valence-electron chi connectivity index (χ0n) is 15.9. The second-order valence-corrected chi connectivity index (χ2v) is 7.20. The number of nitro groups is 1. The molecule has 0 atom stereocenters. The van der Waals surface area contributed by atoms with E-state index in [-0.39, 0.29) is 12.1 Å². The smallest absolute Gasteiger partial charge is 0.269 e. The molecule has 0 radical (unpaired) electrons. The van der Waals surface area contributed by atoms with Gasteiger partial charge in [-0.25, -0.2) is 0 Å². The number of nitrogens with zero attached hydrogens (tertiary/aromatic N) is 6. The van der Waals surface area contributed by atoms with Gasteiger partial charge in [0, 0.05) is 30.7 Å². The molecule has 13 heteroatoms. The maximum atomic E-state index is 11.2. The number of thioether (sulfide) groups is 1. The lowest BCUT2D eigenvalue weighted by Crippen LogP contribution is -2.15. The predicted molar refractivity (Wildman–Crippen MR) is 107 cm³/mol. The van der Waals surface area contributed by atoms with Crippen molar-refractivity contribution in [1.29, 1.82) is 0 Å². The van der Waals surface area contributed by atoms with E-state index in [4.69, 9.17) is 14.7 Å². The summed E-state index contributed by atoms with van der Waals surface area (Å²) in [4.78, 5) is 25.8. The van der Waals surface area contributed by atoms with Gasteiger partial charge in [-0.05, 0) is 24.3 Å². The third-order valence-corrected chi connectivity index (χ3v) is 5.12. The highest BCUT2D eigenvalue weighted by Crippen LogP contribution is 2.27. The molecule has 4 aromatic rings. The molecule has 0 aliphatic heterocycles. The number of non-ortho nitro benzene ring substituents is 1. The van der Waals surface area contributed by atoms with Crippen LogP contribution in [0.4, 0.5) is 5.69 Å². The van der Waals surface area contributed by atoms with Gasteiger partial charge in [0.2, 0.25) is 17.6 Å². The average molecular weight is 441 g/mol. The van der Waals surface area contributed by atoms with Crippen LogP contribution in [0.1, 0.15) is 12.3 Å². The second-order valence-electron chi connectivity index (χ2n) is 6.26. The third-order valence-electron chi connectivity index (χ3n) is 4.17. The average Bonchev–Trinajstić information content (AvgIpc) is 3.51. The van der Waals surface area contributed by atoms with Crippen LogP contribution < -0.4 is 5.73 Å². The molecule has 0 aliphatic rings. The predicted octanol–water partition coefficient (Wildman–Crippen LogP) is 2.66. The molecule has 0 spiro atoms. The number of nitro benzene ring substituents is 1. The number of furan rings is 1. The van der Waals surface area contributed by atoms with E-state index in [9.17, 15) is 14.9 Å². The highest BCUT2D eigenvalue weighted by Gasteiger charge is 2.18. The zero-order valence-corrected chi connectivity index (χ0v) is 16.7. The Balaban J connectivity index is 1.49. The van der Waals surface area contributed by atoms with E-state index >= 15 is 0 Å². The van der Waals surface area contributed by atoms with E-state index in [0.29, 0.717) is 46.3 Å². The minimum Gasteiger partial charge on any atom is -0.461 e. The molecule has 0 fully saturated rings. The first-order valence-electron chi connectivity index (χ1n) is 8.97. The second kappa shape index (κ2) is 8.79. The van der Waals surface area contributed by atoms with Crippen molar-refractivity contribution in [2.24, 2.45) is 5.73 Å². The Hall–Kier alpha value is -4.00. The summed E-state index contributed by atoms with van der Waals surface area (Å²) in [6.07, 6.45) is 1.64. The molecule has 12 nitrogen and oxygen atoms in total. The van der Waals surface area contributed by atoms with Gasteiger partial charge in [0.05, 0.1) is 16.9 Å². The molecule has 1 aromatic carbocycles. The molecule has 0 unspecified atom stereocenters. The van der Waals surface area contributed by atoms with Gasteiger partial charge in [0.15, 0.2) is 16.7 Å². The van der Waals surface area contributed by atoms with Gasteiger partial charge >= 0.3 is 0 Å². The van der Waals surface area contributed by atoms with E-state index < -0.39 is 10.8 Å². The Labute approximate surface area is 178 Å². The maximum Gasteiger partial charge on any atom is 0.269 e. The number of carbonyl (C=O) groups is 1. The molecule has 3 aromatic heterocycles. The molecule has 0 saturated carbocycles. The first kappa shape index (κ1) is 20.3. The Morgan fingerprint density at radius 2 is 2.03 bits per heavy atom. The molecule has 4 rings (SSSR count). The van der Waals surface area contributed by atoms with Crippen LogP contribution in [0.2, 0.25) is 0 Å². The Bertz CT molecular complexity index is 1200. The van der Waals surface area contributed by atoms with Crippen LogP contribution in [0.3, 0.4) is 0 Å². The monoisotopic (exact) mass is 441 g/mol. The molecule has 0 aliphatic carbocycles. The summed E-state index contributed by atoms with van der Waals surface area (Å²) in [5.41, 5.74) is 5.85. The van der Waals surface area contributed by atoms with Crippen molar-refractivity contribution in [1.82, 2.24) is 24.9 Å². The highest BCUT2D eigenvalue weighted by atomic mass is 32.2. The maximum absolute atomic E-state index is 11.2. The van der Waals surface area contributed by atoms with Crippen LogP contribution in [0.25, 0.3) is 23.0 Å². The molecular formula is C18H15N7O5S. The molecule has 158 valence electrons. The molecule has 0 bridgehead atoms. The number of nitrogens with two attached hydrogens (primary N) is 1. The standard InChI is InChI=1S/C18H15N7O5S/c19-14(26)7-8-24-17(13-2-1-9-29-13)21-22-18(24)31-10-15-20-16(23-30-15)11-3-5-12(6-4-11)25(27)28/h1-6,9H,7-8,10H2,(H2,19,26). The number of primary amides is 1. The lowest BCUT2D eigenvalue weighted by molar-refractivity contribution is -0.384. The number of amides is 1. The van der Waals surface area contributed by atoms with Crippen molar-refractivity contribution in [3.63, 3.8) is 0 Å². The summed E-state index contributed by atoms with van der Waals surface area (Å²) in [5, 5.41) is 23.5. The normalized spacial score (nSPS) is 11.0. The number of aromatic nitrogens is 5. The number of benzene rings is 1. The Kier molecular flexibility index (Phi) is 5.75. The molecule has 31 heavy (non-hydrogen) atoms. The summed E-state index contributed by atoms with van der Waals surface area (Å²) in [7, 11) is 0. The van der Waals surface area contributed by atoms with Crippen LogP contribution in [0.5, 0.6) is 0 Å². The van der Waals surface area contributed by atoms with Gasteiger partial charge in [0.1, 0.15) is 0 Å². The summed E-state index contributed by atoms with van der Waals surface area (Å²) in [6.45, 7) is 0.290. The lowest BCUT2D eigenvalue weighted by Gasteiger charge is -2.06. The van der Waals surface area contributed by atoms with Crippen molar-refractivity contribution in [2.45, 2.75) is 23.9 Å². The van der Waals surface area contributed by atoms with E-state index in [1.54, 1.807) is 28.8 Å². The van der Waals surface area contributed by atoms with Gasteiger partial charge in [-0.3, -0.25) is 19.5 Å². The van der Waals surface area contributed by atoms with Crippen LogP contribution >= 0.6 is 11.8 Å². The van der Waals surface area contributed by atoms with Gasteiger partial charge < -0.3 is 14.7 Å². The fourth-order valence-corrected chi connectivity index (χ4v) is 3.50. The number of hydrogen-bond donors (Lipinski definition) is 1. The Morgan fingerprint density at radius 3 is 2.71 bits per heavy atom. The first-order chi connectivity index (χ1) is 15.0.